The molecule has 0 spiro atoms. The predicted octanol–water partition coefficient (Wildman–Crippen LogP) is -0.0721. The summed E-state index contributed by atoms with van der Waals surface area (Å²) in [5.41, 5.74) is 0. The third kappa shape index (κ3) is 4.92. The maximum atomic E-state index is 11.5. The molecule has 6 heteroatoms. The first kappa shape index (κ1) is 12.9. The van der Waals surface area contributed by atoms with Gasteiger partial charge in [0.2, 0.25) is 0 Å². The molecule has 1 aliphatic rings. The van der Waals surface area contributed by atoms with E-state index in [2.05, 4.69) is 21.2 Å². The number of amides is 1. The van der Waals surface area contributed by atoms with Crippen molar-refractivity contribution >= 4 is 21.8 Å². The number of carbonyl (C=O) groups is 1. The molecule has 5 nitrogen and oxygen atoms in total. The van der Waals surface area contributed by atoms with Crippen LogP contribution in [0.2, 0.25) is 0 Å². The number of rotatable bonds is 5. The van der Waals surface area contributed by atoms with Gasteiger partial charge in [0.25, 0.3) is 5.91 Å². The summed E-state index contributed by atoms with van der Waals surface area (Å²) in [6.45, 7) is 2.46. The Morgan fingerprint density at radius 3 is 3.07 bits per heavy atom. The van der Waals surface area contributed by atoms with Crippen LogP contribution in [0.15, 0.2) is 0 Å². The highest BCUT2D eigenvalue weighted by molar-refractivity contribution is 9.09. The van der Waals surface area contributed by atoms with E-state index < -0.39 is 6.10 Å². The van der Waals surface area contributed by atoms with Crippen LogP contribution in [0.5, 0.6) is 0 Å². The summed E-state index contributed by atoms with van der Waals surface area (Å²) in [4.78, 5) is 11.7. The highest BCUT2D eigenvalue weighted by Gasteiger charge is 2.22. The fourth-order valence-electron chi connectivity index (χ4n) is 1.20. The summed E-state index contributed by atoms with van der Waals surface area (Å²) in [6, 6.07) is 0. The van der Waals surface area contributed by atoms with E-state index in [-0.39, 0.29) is 10.7 Å². The summed E-state index contributed by atoms with van der Waals surface area (Å²) < 4.78 is 15.3. The predicted molar refractivity (Wildman–Crippen MR) is 58.2 cm³/mol. The Kier molecular flexibility index (Phi) is 6.16. The van der Waals surface area contributed by atoms with Crippen LogP contribution < -0.4 is 5.32 Å². The van der Waals surface area contributed by atoms with Crippen LogP contribution in [0.4, 0.5) is 0 Å². The van der Waals surface area contributed by atoms with Gasteiger partial charge in [-0.15, -0.1) is 0 Å². The minimum atomic E-state index is -0.471. The normalized spacial score (nSPS) is 23.5. The van der Waals surface area contributed by atoms with Crippen LogP contribution in [0.3, 0.4) is 0 Å². The summed E-state index contributed by atoms with van der Waals surface area (Å²) in [5.74, 6) is -0.129. The summed E-state index contributed by atoms with van der Waals surface area (Å²) >= 11 is 3.38. The van der Waals surface area contributed by atoms with E-state index in [0.29, 0.717) is 33.0 Å². The molecule has 1 fully saturated rings. The van der Waals surface area contributed by atoms with Crippen molar-refractivity contribution in [3.63, 3.8) is 0 Å². The molecule has 0 bridgehead atoms. The third-order valence-corrected chi connectivity index (χ3v) is 2.54. The van der Waals surface area contributed by atoms with Crippen molar-refractivity contribution in [1.29, 1.82) is 0 Å². The minimum absolute atomic E-state index is 0.121. The largest absolute Gasteiger partial charge is 0.383 e. The number of methoxy groups -OCH3 is 1. The monoisotopic (exact) mass is 281 g/mol. The van der Waals surface area contributed by atoms with Gasteiger partial charge < -0.3 is 19.5 Å². The van der Waals surface area contributed by atoms with Gasteiger partial charge in [0.15, 0.2) is 6.10 Å². The molecule has 0 radical (unpaired) electrons. The lowest BCUT2D eigenvalue weighted by molar-refractivity contribution is -0.147. The van der Waals surface area contributed by atoms with Gasteiger partial charge in [0.05, 0.1) is 31.3 Å². The molecule has 2 unspecified atom stereocenters. The minimum Gasteiger partial charge on any atom is -0.383 e. The molecule has 1 N–H and O–H groups in total. The molecule has 0 aromatic heterocycles. The summed E-state index contributed by atoms with van der Waals surface area (Å²) in [5, 5.41) is 2.77. The van der Waals surface area contributed by atoms with E-state index in [1.54, 1.807) is 7.11 Å². The van der Waals surface area contributed by atoms with E-state index in [4.69, 9.17) is 14.2 Å². The molecule has 0 aromatic rings. The van der Waals surface area contributed by atoms with Crippen molar-refractivity contribution in [3.05, 3.63) is 0 Å². The Hall–Kier alpha value is -0.170. The molecular formula is C9H16BrNO4. The first-order valence-electron chi connectivity index (χ1n) is 4.84. The molecular weight excluding hydrogens is 266 g/mol. The SMILES string of the molecule is COCC(Br)CNC(=O)C1COCCO1. The van der Waals surface area contributed by atoms with Crippen LogP contribution in [0.1, 0.15) is 0 Å². The van der Waals surface area contributed by atoms with Crippen molar-refractivity contribution in [2.75, 3.05) is 40.1 Å². The van der Waals surface area contributed by atoms with Crippen LogP contribution >= 0.6 is 15.9 Å². The zero-order valence-corrected chi connectivity index (χ0v) is 10.3. The molecule has 1 rings (SSSR count). The molecule has 0 saturated carbocycles. The zero-order valence-electron chi connectivity index (χ0n) is 8.70. The number of alkyl halides is 1. The van der Waals surface area contributed by atoms with Crippen LogP contribution in [0, 0.1) is 0 Å². The van der Waals surface area contributed by atoms with E-state index in [1.165, 1.54) is 0 Å². The zero-order chi connectivity index (χ0) is 11.1. The van der Waals surface area contributed by atoms with Gasteiger partial charge in [-0.25, -0.2) is 0 Å². The highest BCUT2D eigenvalue weighted by atomic mass is 79.9. The van der Waals surface area contributed by atoms with Gasteiger partial charge >= 0.3 is 0 Å². The first-order chi connectivity index (χ1) is 7.24. The van der Waals surface area contributed by atoms with Crippen molar-refractivity contribution < 1.29 is 19.0 Å². The number of carbonyl (C=O) groups excluding carboxylic acids is 1. The molecule has 1 saturated heterocycles. The van der Waals surface area contributed by atoms with E-state index >= 15 is 0 Å². The van der Waals surface area contributed by atoms with Crippen LogP contribution in [-0.2, 0) is 19.0 Å². The van der Waals surface area contributed by atoms with Gasteiger partial charge in [-0.2, -0.15) is 0 Å². The number of hydrogen-bond donors (Lipinski definition) is 1. The van der Waals surface area contributed by atoms with Crippen molar-refractivity contribution in [2.24, 2.45) is 0 Å². The number of hydrogen-bond acceptors (Lipinski definition) is 4. The quantitative estimate of drug-likeness (QED) is 0.717. The molecule has 2 atom stereocenters. The Balaban J connectivity index is 2.16. The van der Waals surface area contributed by atoms with E-state index in [9.17, 15) is 4.79 Å². The van der Waals surface area contributed by atoms with Crippen LogP contribution in [0.25, 0.3) is 0 Å². The number of nitrogens with one attached hydrogen (secondary N) is 1. The van der Waals surface area contributed by atoms with Gasteiger partial charge in [-0.3, -0.25) is 4.79 Å². The Labute approximate surface area is 97.6 Å². The molecule has 15 heavy (non-hydrogen) atoms. The summed E-state index contributed by atoms with van der Waals surface area (Å²) in [6.07, 6.45) is -0.471. The van der Waals surface area contributed by atoms with Crippen molar-refractivity contribution in [2.45, 2.75) is 10.9 Å². The standard InChI is InChI=1S/C9H16BrNO4/c1-13-5-7(10)4-11-9(12)8-6-14-2-3-15-8/h7-8H,2-6H2,1H3,(H,11,12). The average Bonchev–Trinajstić information content (AvgIpc) is 2.27. The number of halogens is 1. The van der Waals surface area contributed by atoms with Crippen molar-refractivity contribution in [3.8, 4) is 0 Å². The van der Waals surface area contributed by atoms with E-state index in [0.717, 1.165) is 0 Å². The maximum Gasteiger partial charge on any atom is 0.251 e. The van der Waals surface area contributed by atoms with Crippen LogP contribution in [-0.4, -0.2) is 56.9 Å². The second-order valence-corrected chi connectivity index (χ2v) is 4.53. The average molecular weight is 282 g/mol. The second-order valence-electron chi connectivity index (χ2n) is 3.23. The van der Waals surface area contributed by atoms with E-state index in [1.807, 2.05) is 0 Å². The molecule has 1 aliphatic heterocycles. The van der Waals surface area contributed by atoms with Crippen molar-refractivity contribution in [1.82, 2.24) is 5.32 Å². The van der Waals surface area contributed by atoms with Gasteiger partial charge in [0, 0.05) is 13.7 Å². The van der Waals surface area contributed by atoms with Gasteiger partial charge in [0.1, 0.15) is 0 Å². The first-order valence-corrected chi connectivity index (χ1v) is 5.75. The Morgan fingerprint density at radius 1 is 1.67 bits per heavy atom. The molecule has 0 aliphatic carbocycles. The lowest BCUT2D eigenvalue weighted by Crippen LogP contribution is -2.44. The molecule has 1 heterocycles. The Bertz CT molecular complexity index is 197. The highest BCUT2D eigenvalue weighted by Crippen LogP contribution is 2.02. The molecule has 0 aromatic carbocycles. The smallest absolute Gasteiger partial charge is 0.251 e. The summed E-state index contributed by atoms with van der Waals surface area (Å²) in [7, 11) is 1.62. The fourth-order valence-corrected chi connectivity index (χ4v) is 1.63. The lowest BCUT2D eigenvalue weighted by atomic mass is 10.3. The Morgan fingerprint density at radius 2 is 2.47 bits per heavy atom. The lowest BCUT2D eigenvalue weighted by Gasteiger charge is -2.22. The third-order valence-electron chi connectivity index (χ3n) is 1.95. The second kappa shape index (κ2) is 7.16. The molecule has 1 amide bonds. The fraction of sp³-hybridized carbons (Fsp3) is 0.889. The maximum absolute atomic E-state index is 11.5. The van der Waals surface area contributed by atoms with Gasteiger partial charge in [-0.1, -0.05) is 15.9 Å². The molecule has 88 valence electrons. The topological polar surface area (TPSA) is 56.8 Å². The number of ether oxygens (including phenoxy) is 3. The van der Waals surface area contributed by atoms with Gasteiger partial charge in [-0.05, 0) is 0 Å².